The van der Waals surface area contributed by atoms with Gasteiger partial charge in [-0.05, 0) is 30.7 Å². The van der Waals surface area contributed by atoms with E-state index in [1.165, 1.54) is 6.92 Å². The largest absolute Gasteiger partial charge is 0.482 e. The molecule has 5 N–H and O–H groups in total. The molecule has 0 saturated carbocycles. The van der Waals surface area contributed by atoms with E-state index >= 15 is 0 Å². The number of benzene rings is 1. The highest BCUT2D eigenvalue weighted by Crippen LogP contribution is 2.43. The summed E-state index contributed by atoms with van der Waals surface area (Å²) in [5.74, 6) is 0.248. The number of hydrogen-bond donors (Lipinski definition) is 5. The van der Waals surface area contributed by atoms with Crippen LogP contribution in [-0.4, -0.2) is 81.3 Å². The molecule has 1 saturated heterocycles. The van der Waals surface area contributed by atoms with E-state index in [2.05, 4.69) is 6.58 Å². The molecule has 1 aromatic rings. The Hall–Kier alpha value is -1.85. The van der Waals surface area contributed by atoms with E-state index in [4.69, 9.17) is 14.2 Å². The van der Waals surface area contributed by atoms with Crippen LogP contribution < -0.4 is 4.74 Å². The molecule has 1 fully saturated rings. The molecule has 28 heavy (non-hydrogen) atoms. The van der Waals surface area contributed by atoms with Crippen molar-refractivity contribution in [1.29, 1.82) is 0 Å². The fourth-order valence-electron chi connectivity index (χ4n) is 3.32. The lowest BCUT2D eigenvalue weighted by Crippen LogP contribution is -2.59. The third-order valence-electron chi connectivity index (χ3n) is 4.99. The molecule has 7 atom stereocenters. The van der Waals surface area contributed by atoms with Gasteiger partial charge in [0.15, 0.2) is 18.2 Å². The number of rotatable bonds is 6. The average molecular weight is 396 g/mol. The smallest absolute Gasteiger partial charge is 0.187 e. The molecule has 2 aliphatic heterocycles. The molecule has 0 radical (unpaired) electrons. The van der Waals surface area contributed by atoms with Crippen molar-refractivity contribution >= 4 is 5.78 Å². The predicted octanol–water partition coefficient (Wildman–Crippen LogP) is -0.944. The third-order valence-corrected chi connectivity index (χ3v) is 4.99. The summed E-state index contributed by atoms with van der Waals surface area (Å²) in [6, 6.07) is 4.77. The fourth-order valence-corrected chi connectivity index (χ4v) is 3.32. The summed E-state index contributed by atoms with van der Waals surface area (Å²) in [6.45, 7) is 4.20. The average Bonchev–Trinajstić information content (AvgIpc) is 3.05. The summed E-state index contributed by atoms with van der Waals surface area (Å²) in [5, 5.41) is 48.9. The first-order valence-electron chi connectivity index (χ1n) is 8.84. The lowest BCUT2D eigenvalue weighted by atomic mass is 9.97. The van der Waals surface area contributed by atoms with Gasteiger partial charge in [0.2, 0.25) is 0 Å². The molecule has 9 nitrogen and oxygen atoms in total. The monoisotopic (exact) mass is 396 g/mol. The lowest BCUT2D eigenvalue weighted by Gasteiger charge is -2.40. The maximum Gasteiger partial charge on any atom is 0.187 e. The zero-order chi connectivity index (χ0) is 20.6. The highest BCUT2D eigenvalue weighted by atomic mass is 16.7. The van der Waals surface area contributed by atoms with Crippen molar-refractivity contribution in [2.45, 2.75) is 49.8 Å². The van der Waals surface area contributed by atoms with Gasteiger partial charge in [0.25, 0.3) is 0 Å². The number of fused-ring (bicyclic) bond motifs is 1. The van der Waals surface area contributed by atoms with Crippen LogP contribution in [0.1, 0.15) is 28.9 Å². The van der Waals surface area contributed by atoms with Gasteiger partial charge < -0.3 is 39.7 Å². The molecular weight excluding hydrogens is 372 g/mol. The fraction of sp³-hybridized carbons (Fsp3) is 0.526. The van der Waals surface area contributed by atoms with Gasteiger partial charge in [-0.3, -0.25) is 4.79 Å². The quantitative estimate of drug-likeness (QED) is 0.304. The summed E-state index contributed by atoms with van der Waals surface area (Å²) in [5.41, 5.74) is 1.21. The summed E-state index contributed by atoms with van der Waals surface area (Å²) in [7, 11) is 0. The molecule has 3 rings (SSSR count). The predicted molar refractivity (Wildman–Crippen MR) is 94.7 cm³/mol. The van der Waals surface area contributed by atoms with Crippen LogP contribution in [0.4, 0.5) is 0 Å². The standard InChI is InChI=1S/C19H24O9/c1-8(6-20)17-18(11-5-10(9(2)22)3-4-12(11)26-17)28-19-16(25)15(24)14(23)13(7-21)27-19/h3-5,13-21,23-25H,1,6-7H2,2H3/t13-,14-,15+,16-,17?,18?,19+/m1/s1. The van der Waals surface area contributed by atoms with Crippen LogP contribution in [0, 0.1) is 0 Å². The van der Waals surface area contributed by atoms with Crippen molar-refractivity contribution in [3.05, 3.63) is 41.5 Å². The molecular formula is C19H24O9. The number of hydrogen-bond acceptors (Lipinski definition) is 9. The molecule has 2 unspecified atom stereocenters. The van der Waals surface area contributed by atoms with E-state index in [1.54, 1.807) is 18.2 Å². The van der Waals surface area contributed by atoms with E-state index in [9.17, 15) is 30.3 Å². The van der Waals surface area contributed by atoms with Gasteiger partial charge >= 0.3 is 0 Å². The summed E-state index contributed by atoms with van der Waals surface area (Å²) >= 11 is 0. The lowest BCUT2D eigenvalue weighted by molar-refractivity contribution is -0.314. The number of aliphatic hydroxyl groups excluding tert-OH is 5. The summed E-state index contributed by atoms with van der Waals surface area (Å²) in [4.78, 5) is 11.7. The number of carbonyl (C=O) groups is 1. The SMILES string of the molecule is C=C(CO)C1Oc2ccc(C(C)=O)cc2C1O[C@@H]1O[C@H](CO)[C@@H](O)[C@H](O)[C@H]1O. The van der Waals surface area contributed by atoms with E-state index < -0.39 is 49.5 Å². The Morgan fingerprint density at radius 2 is 1.89 bits per heavy atom. The molecule has 0 spiro atoms. The van der Waals surface area contributed by atoms with Gasteiger partial charge in [-0.25, -0.2) is 0 Å². The Morgan fingerprint density at radius 1 is 1.18 bits per heavy atom. The van der Waals surface area contributed by atoms with Gasteiger partial charge in [-0.15, -0.1) is 0 Å². The summed E-state index contributed by atoms with van der Waals surface area (Å²) < 4.78 is 17.0. The van der Waals surface area contributed by atoms with Crippen LogP contribution >= 0.6 is 0 Å². The maximum atomic E-state index is 11.7. The van der Waals surface area contributed by atoms with E-state index in [0.717, 1.165) is 0 Å². The molecule has 0 aliphatic carbocycles. The van der Waals surface area contributed by atoms with Crippen LogP contribution in [0.5, 0.6) is 5.75 Å². The first-order valence-corrected chi connectivity index (χ1v) is 8.84. The molecule has 2 aliphatic rings. The number of ether oxygens (including phenoxy) is 3. The van der Waals surface area contributed by atoms with Crippen LogP contribution in [0.3, 0.4) is 0 Å². The Kier molecular flexibility index (Phi) is 6.15. The van der Waals surface area contributed by atoms with Gasteiger partial charge in [-0.2, -0.15) is 0 Å². The Labute approximate surface area is 161 Å². The molecule has 0 aromatic heterocycles. The second-order valence-electron chi connectivity index (χ2n) is 6.92. The van der Waals surface area contributed by atoms with Crippen LogP contribution in [0.2, 0.25) is 0 Å². The molecule has 9 heteroatoms. The van der Waals surface area contributed by atoms with Gasteiger partial charge in [0, 0.05) is 11.1 Å². The first-order chi connectivity index (χ1) is 13.3. The van der Waals surface area contributed by atoms with Crippen molar-refractivity contribution in [1.82, 2.24) is 0 Å². The first kappa shape index (κ1) is 20.9. The normalized spacial score (nSPS) is 34.6. The van der Waals surface area contributed by atoms with Gasteiger partial charge in [-0.1, -0.05) is 6.58 Å². The van der Waals surface area contributed by atoms with Crippen LogP contribution in [0.25, 0.3) is 0 Å². The molecule has 2 heterocycles. The molecule has 0 bridgehead atoms. The Bertz CT molecular complexity index is 747. The maximum absolute atomic E-state index is 11.7. The Balaban J connectivity index is 1.92. The van der Waals surface area contributed by atoms with Crippen molar-refractivity contribution in [2.75, 3.05) is 13.2 Å². The van der Waals surface area contributed by atoms with E-state index in [-0.39, 0.29) is 12.4 Å². The zero-order valence-electron chi connectivity index (χ0n) is 15.3. The van der Waals surface area contributed by atoms with Crippen LogP contribution in [0.15, 0.2) is 30.4 Å². The van der Waals surface area contributed by atoms with E-state index in [0.29, 0.717) is 22.4 Å². The van der Waals surface area contributed by atoms with Crippen LogP contribution in [-0.2, 0) is 9.47 Å². The van der Waals surface area contributed by atoms with Gasteiger partial charge in [0.05, 0.1) is 13.2 Å². The molecule has 154 valence electrons. The number of carbonyl (C=O) groups excluding carboxylic acids is 1. The second-order valence-corrected chi connectivity index (χ2v) is 6.92. The minimum atomic E-state index is -1.60. The second kappa shape index (κ2) is 8.26. The minimum Gasteiger partial charge on any atom is -0.482 e. The number of aliphatic hydroxyl groups is 5. The topological polar surface area (TPSA) is 146 Å². The highest BCUT2D eigenvalue weighted by Gasteiger charge is 2.47. The third kappa shape index (κ3) is 3.70. The summed E-state index contributed by atoms with van der Waals surface area (Å²) in [6.07, 6.45) is -8.97. The van der Waals surface area contributed by atoms with Gasteiger partial charge in [0.1, 0.15) is 36.3 Å². The van der Waals surface area contributed by atoms with E-state index in [1.807, 2.05) is 0 Å². The van der Waals surface area contributed by atoms with Crippen molar-refractivity contribution in [3.63, 3.8) is 0 Å². The number of ketones is 1. The molecule has 0 amide bonds. The minimum absolute atomic E-state index is 0.168. The number of Topliss-reactive ketones (excluding diaryl/α,β-unsaturated/α-hetero) is 1. The van der Waals surface area contributed by atoms with Crippen molar-refractivity contribution in [3.8, 4) is 5.75 Å². The van der Waals surface area contributed by atoms with Crippen molar-refractivity contribution in [2.24, 2.45) is 0 Å². The molecule has 1 aromatic carbocycles. The highest BCUT2D eigenvalue weighted by molar-refractivity contribution is 5.94. The Morgan fingerprint density at radius 3 is 2.50 bits per heavy atom. The zero-order valence-corrected chi connectivity index (χ0v) is 15.3. The van der Waals surface area contributed by atoms with Crippen molar-refractivity contribution < 1.29 is 44.5 Å².